The molecule has 3 rings (SSSR count). The van der Waals surface area contributed by atoms with Crippen LogP contribution in [0.15, 0.2) is 34.7 Å². The predicted molar refractivity (Wildman–Crippen MR) is 126 cm³/mol. The minimum absolute atomic E-state index is 0.132. The molecule has 32 heavy (non-hydrogen) atoms. The first-order valence-corrected chi connectivity index (χ1v) is 14.0. The highest BCUT2D eigenvalue weighted by atomic mass is 32.2. The molecule has 1 aliphatic heterocycles. The molecule has 0 aliphatic carbocycles. The molecule has 1 unspecified atom stereocenters. The predicted octanol–water partition coefficient (Wildman–Crippen LogP) is 2.12. The van der Waals surface area contributed by atoms with E-state index in [-0.39, 0.29) is 22.6 Å². The van der Waals surface area contributed by atoms with Crippen molar-refractivity contribution in [1.29, 1.82) is 0 Å². The van der Waals surface area contributed by atoms with Crippen molar-refractivity contribution in [2.24, 2.45) is 5.92 Å². The van der Waals surface area contributed by atoms with Crippen molar-refractivity contribution in [2.45, 2.75) is 37.1 Å². The number of benzene rings is 1. The molecule has 2 N–H and O–H groups in total. The second-order valence-corrected chi connectivity index (χ2v) is 11.1. The fraction of sp³-hybridized carbons (Fsp3) is 0.500. The Bertz CT molecular complexity index is 1000. The Morgan fingerprint density at radius 1 is 1.25 bits per heavy atom. The van der Waals surface area contributed by atoms with Gasteiger partial charge < -0.3 is 10.2 Å². The zero-order chi connectivity index (χ0) is 23.1. The van der Waals surface area contributed by atoms with Crippen molar-refractivity contribution >= 4 is 50.1 Å². The van der Waals surface area contributed by atoms with Crippen molar-refractivity contribution < 1.29 is 18.0 Å². The summed E-state index contributed by atoms with van der Waals surface area (Å²) in [6, 6.07) is 5.68. The topological polar surface area (TPSA) is 121 Å². The first-order valence-electron chi connectivity index (χ1n) is 10.2. The third-order valence-corrected chi connectivity index (χ3v) is 8.04. The monoisotopic (exact) mass is 497 g/mol. The van der Waals surface area contributed by atoms with E-state index >= 15 is 0 Å². The lowest BCUT2D eigenvalue weighted by molar-refractivity contribution is -0.136. The summed E-state index contributed by atoms with van der Waals surface area (Å²) in [6.45, 7) is 2.68. The Kier molecular flexibility index (Phi) is 8.63. The van der Waals surface area contributed by atoms with Crippen LogP contribution >= 0.6 is 23.1 Å². The van der Waals surface area contributed by atoms with Gasteiger partial charge in [0, 0.05) is 19.0 Å². The van der Waals surface area contributed by atoms with Crippen LogP contribution in [0.5, 0.6) is 0 Å². The van der Waals surface area contributed by atoms with Gasteiger partial charge in [-0.3, -0.25) is 9.59 Å². The van der Waals surface area contributed by atoms with Crippen molar-refractivity contribution in [3.63, 3.8) is 0 Å². The molecule has 0 saturated carbocycles. The van der Waals surface area contributed by atoms with E-state index in [4.69, 9.17) is 0 Å². The van der Waals surface area contributed by atoms with Crippen LogP contribution in [0.25, 0.3) is 0 Å². The third-order valence-electron chi connectivity index (χ3n) is 5.31. The number of nitrogens with zero attached hydrogens (tertiary/aromatic N) is 3. The van der Waals surface area contributed by atoms with Gasteiger partial charge in [0.2, 0.25) is 27.0 Å². The molecule has 1 aromatic carbocycles. The van der Waals surface area contributed by atoms with Gasteiger partial charge in [-0.05, 0) is 50.3 Å². The maximum absolute atomic E-state index is 13.2. The number of carbonyl (C=O) groups excluding carboxylic acids is 2. The minimum Gasteiger partial charge on any atom is -0.341 e. The number of hydrogen-bond acceptors (Lipinski definition) is 8. The zero-order valence-corrected chi connectivity index (χ0v) is 20.4. The van der Waals surface area contributed by atoms with Gasteiger partial charge in [-0.1, -0.05) is 29.0 Å². The van der Waals surface area contributed by atoms with E-state index in [1.54, 1.807) is 34.3 Å². The molecule has 2 amide bonds. The summed E-state index contributed by atoms with van der Waals surface area (Å²) in [5.41, 5.74) is 2.50. The maximum atomic E-state index is 13.2. The van der Waals surface area contributed by atoms with Gasteiger partial charge in [0.15, 0.2) is 0 Å². The molecule has 2 heterocycles. The van der Waals surface area contributed by atoms with E-state index in [9.17, 15) is 18.0 Å². The van der Waals surface area contributed by atoms with E-state index < -0.39 is 16.1 Å². The van der Waals surface area contributed by atoms with Crippen LogP contribution < -0.4 is 10.0 Å². The first-order chi connectivity index (χ1) is 15.3. The van der Waals surface area contributed by atoms with Gasteiger partial charge in [0.1, 0.15) is 11.6 Å². The largest absolute Gasteiger partial charge is 0.341 e. The normalized spacial score (nSPS) is 16.0. The Morgan fingerprint density at radius 3 is 2.53 bits per heavy atom. The summed E-state index contributed by atoms with van der Waals surface area (Å²) < 4.78 is 28.3. The molecule has 9 nitrogen and oxygen atoms in total. The first kappa shape index (κ1) is 24.6. The number of thioether (sulfide) groups is 1. The number of amides is 2. The molecule has 1 atom stereocenters. The molecule has 0 bridgehead atoms. The number of sulfonamides is 1. The number of aromatic nitrogens is 2. The van der Waals surface area contributed by atoms with Crippen LogP contribution in [-0.4, -0.2) is 66.5 Å². The number of piperidine rings is 1. The second kappa shape index (κ2) is 11.2. The van der Waals surface area contributed by atoms with Crippen LogP contribution in [0.3, 0.4) is 0 Å². The highest BCUT2D eigenvalue weighted by Crippen LogP contribution is 2.22. The fourth-order valence-electron chi connectivity index (χ4n) is 3.46. The molecule has 1 aliphatic rings. The van der Waals surface area contributed by atoms with Crippen LogP contribution in [0.4, 0.5) is 5.13 Å². The standard InChI is InChI=1S/C20H27N5O4S3/c1-14-3-5-16(6-4-14)32(28,29)24-17(9-12-30-2)19(27)25-10-7-15(8-11-25)18(26)22-20-23-21-13-31-20/h3-6,13,15,17,24H,7-12H2,1-2H3,(H,22,23,26). The molecule has 1 fully saturated rings. The zero-order valence-electron chi connectivity index (χ0n) is 18.0. The summed E-state index contributed by atoms with van der Waals surface area (Å²) >= 11 is 2.81. The summed E-state index contributed by atoms with van der Waals surface area (Å²) in [5.74, 6) is 0.0375. The SMILES string of the molecule is CSCCC(NS(=O)(=O)c1ccc(C)cc1)C(=O)N1CCC(C(=O)Nc2nncs2)CC1. The smallest absolute Gasteiger partial charge is 0.241 e. The summed E-state index contributed by atoms with van der Waals surface area (Å²) in [7, 11) is -3.83. The van der Waals surface area contributed by atoms with Crippen LogP contribution in [-0.2, 0) is 19.6 Å². The third kappa shape index (κ3) is 6.50. The summed E-state index contributed by atoms with van der Waals surface area (Å²) in [6.07, 6.45) is 3.33. The van der Waals surface area contributed by atoms with Crippen LogP contribution in [0.2, 0.25) is 0 Å². The average Bonchev–Trinajstić information content (AvgIpc) is 3.29. The molecule has 174 valence electrons. The van der Waals surface area contributed by atoms with Gasteiger partial charge in [-0.25, -0.2) is 8.42 Å². The Balaban J connectivity index is 1.62. The lowest BCUT2D eigenvalue weighted by Crippen LogP contribution is -2.51. The Hall–Kier alpha value is -2.02. The van der Waals surface area contributed by atoms with Gasteiger partial charge in [0.05, 0.1) is 4.90 Å². The number of carbonyl (C=O) groups is 2. The highest BCUT2D eigenvalue weighted by Gasteiger charge is 2.33. The lowest BCUT2D eigenvalue weighted by atomic mass is 9.95. The Morgan fingerprint density at radius 2 is 1.94 bits per heavy atom. The maximum Gasteiger partial charge on any atom is 0.241 e. The Labute approximate surface area is 196 Å². The number of nitrogens with one attached hydrogen (secondary N) is 2. The number of rotatable bonds is 9. The van der Waals surface area contributed by atoms with Crippen LogP contribution in [0.1, 0.15) is 24.8 Å². The average molecular weight is 498 g/mol. The summed E-state index contributed by atoms with van der Waals surface area (Å²) in [5, 5.41) is 10.7. The molecular weight excluding hydrogens is 470 g/mol. The summed E-state index contributed by atoms with van der Waals surface area (Å²) in [4.78, 5) is 27.4. The van der Waals surface area contributed by atoms with Gasteiger partial charge in [0.25, 0.3) is 0 Å². The molecule has 0 spiro atoms. The van der Waals surface area contributed by atoms with E-state index in [0.29, 0.717) is 43.2 Å². The van der Waals surface area contributed by atoms with Crippen molar-refractivity contribution in [3.05, 3.63) is 35.3 Å². The van der Waals surface area contributed by atoms with E-state index in [2.05, 4.69) is 20.2 Å². The molecular formula is C20H27N5O4S3. The number of hydrogen-bond donors (Lipinski definition) is 2. The van der Waals surface area contributed by atoms with Crippen molar-refractivity contribution in [3.8, 4) is 0 Å². The van der Waals surface area contributed by atoms with E-state index in [0.717, 1.165) is 5.56 Å². The number of aryl methyl sites for hydroxylation is 1. The molecule has 12 heteroatoms. The van der Waals surface area contributed by atoms with Gasteiger partial charge in [-0.15, -0.1) is 10.2 Å². The van der Waals surface area contributed by atoms with Gasteiger partial charge >= 0.3 is 0 Å². The van der Waals surface area contributed by atoms with Crippen LogP contribution in [0, 0.1) is 12.8 Å². The lowest BCUT2D eigenvalue weighted by Gasteiger charge is -2.33. The van der Waals surface area contributed by atoms with Crippen molar-refractivity contribution in [2.75, 3.05) is 30.4 Å². The van der Waals surface area contributed by atoms with E-state index in [1.165, 1.54) is 23.5 Å². The van der Waals surface area contributed by atoms with E-state index in [1.807, 2.05) is 13.2 Å². The number of likely N-dealkylation sites (tertiary alicyclic amines) is 1. The molecule has 0 radical (unpaired) electrons. The number of anilines is 1. The van der Waals surface area contributed by atoms with Gasteiger partial charge in [-0.2, -0.15) is 16.5 Å². The fourth-order valence-corrected chi connectivity index (χ4v) is 5.60. The highest BCUT2D eigenvalue weighted by molar-refractivity contribution is 7.98. The second-order valence-electron chi connectivity index (χ2n) is 7.60. The minimum atomic E-state index is -3.83. The van der Waals surface area contributed by atoms with Crippen molar-refractivity contribution in [1.82, 2.24) is 19.8 Å². The molecule has 1 aromatic heterocycles. The molecule has 2 aromatic rings. The quantitative estimate of drug-likeness (QED) is 0.544. The molecule has 1 saturated heterocycles.